The standard InChI is InChI=1S/C14H17F3N2/c15-11-3-4-12(14(17)13(11)16)19-6-5-9(8-19)7-18-10-1-2-10/h3-4,9-10,18H,1-2,5-8H2. The SMILES string of the molecule is Fc1ccc(N2CCC(CNC3CC3)C2)c(F)c1F. The van der Waals surface area contributed by atoms with Crippen molar-refractivity contribution in [2.24, 2.45) is 5.92 Å². The van der Waals surface area contributed by atoms with E-state index in [9.17, 15) is 13.2 Å². The molecule has 1 saturated heterocycles. The third-order valence-corrected chi connectivity index (χ3v) is 3.91. The van der Waals surface area contributed by atoms with Gasteiger partial charge < -0.3 is 10.2 Å². The van der Waals surface area contributed by atoms with Crippen molar-refractivity contribution in [3.63, 3.8) is 0 Å². The summed E-state index contributed by atoms with van der Waals surface area (Å²) in [5, 5.41) is 3.45. The Labute approximate surface area is 110 Å². The van der Waals surface area contributed by atoms with E-state index in [-0.39, 0.29) is 5.69 Å². The van der Waals surface area contributed by atoms with Crippen LogP contribution < -0.4 is 10.2 Å². The van der Waals surface area contributed by atoms with Crippen LogP contribution in [0.25, 0.3) is 0 Å². The van der Waals surface area contributed by atoms with Crippen molar-refractivity contribution in [1.29, 1.82) is 0 Å². The van der Waals surface area contributed by atoms with Gasteiger partial charge in [0.1, 0.15) is 0 Å². The number of halogens is 3. The zero-order valence-corrected chi connectivity index (χ0v) is 10.6. The first-order chi connectivity index (χ1) is 9.15. The van der Waals surface area contributed by atoms with Crippen LogP contribution in [0, 0.1) is 23.4 Å². The Morgan fingerprint density at radius 3 is 2.63 bits per heavy atom. The van der Waals surface area contributed by atoms with E-state index < -0.39 is 17.5 Å². The third kappa shape index (κ3) is 2.71. The monoisotopic (exact) mass is 270 g/mol. The molecular formula is C14H17F3N2. The summed E-state index contributed by atoms with van der Waals surface area (Å²) in [4.78, 5) is 1.80. The van der Waals surface area contributed by atoms with Crippen molar-refractivity contribution in [2.45, 2.75) is 25.3 Å². The molecule has 1 aliphatic heterocycles. The highest BCUT2D eigenvalue weighted by molar-refractivity contribution is 5.49. The van der Waals surface area contributed by atoms with Crippen LogP contribution in [0.5, 0.6) is 0 Å². The fourth-order valence-electron chi connectivity index (χ4n) is 2.60. The first-order valence-electron chi connectivity index (χ1n) is 6.77. The van der Waals surface area contributed by atoms with E-state index in [4.69, 9.17) is 0 Å². The molecule has 104 valence electrons. The minimum absolute atomic E-state index is 0.174. The second-order valence-corrected chi connectivity index (χ2v) is 5.48. The maximum atomic E-state index is 13.7. The van der Waals surface area contributed by atoms with Gasteiger partial charge in [0.15, 0.2) is 17.5 Å². The van der Waals surface area contributed by atoms with E-state index in [1.54, 1.807) is 4.90 Å². The summed E-state index contributed by atoms with van der Waals surface area (Å²) < 4.78 is 39.8. The molecule has 2 nitrogen and oxygen atoms in total. The lowest BCUT2D eigenvalue weighted by molar-refractivity contribution is 0.446. The van der Waals surface area contributed by atoms with Crippen molar-refractivity contribution in [2.75, 3.05) is 24.5 Å². The molecule has 0 spiro atoms. The molecule has 1 unspecified atom stereocenters. The van der Waals surface area contributed by atoms with E-state index in [1.807, 2.05) is 0 Å². The summed E-state index contributed by atoms with van der Waals surface area (Å²) in [6, 6.07) is 2.97. The molecule has 1 saturated carbocycles. The average Bonchev–Trinajstić information content (AvgIpc) is 3.12. The molecule has 0 aromatic heterocycles. The predicted molar refractivity (Wildman–Crippen MR) is 67.7 cm³/mol. The van der Waals surface area contributed by atoms with Gasteiger partial charge in [-0.25, -0.2) is 13.2 Å². The van der Waals surface area contributed by atoms with Crippen LogP contribution in [-0.4, -0.2) is 25.7 Å². The molecule has 19 heavy (non-hydrogen) atoms. The second kappa shape index (κ2) is 5.04. The van der Waals surface area contributed by atoms with Gasteiger partial charge in [-0.2, -0.15) is 0 Å². The van der Waals surface area contributed by atoms with Crippen molar-refractivity contribution >= 4 is 5.69 Å². The number of rotatable bonds is 4. The Balaban J connectivity index is 1.65. The van der Waals surface area contributed by atoms with Crippen LogP contribution in [0.15, 0.2) is 12.1 Å². The van der Waals surface area contributed by atoms with Crippen LogP contribution in [0.1, 0.15) is 19.3 Å². The summed E-state index contributed by atoms with van der Waals surface area (Å²) in [7, 11) is 0. The highest BCUT2D eigenvalue weighted by Crippen LogP contribution is 2.29. The lowest BCUT2D eigenvalue weighted by Gasteiger charge is -2.19. The van der Waals surface area contributed by atoms with Crippen LogP contribution in [0.3, 0.4) is 0 Å². The molecule has 0 bridgehead atoms. The molecule has 0 radical (unpaired) electrons. The van der Waals surface area contributed by atoms with Crippen LogP contribution in [0.4, 0.5) is 18.9 Å². The van der Waals surface area contributed by atoms with Crippen molar-refractivity contribution in [3.05, 3.63) is 29.6 Å². The predicted octanol–water partition coefficient (Wildman–Crippen LogP) is 2.68. The lowest BCUT2D eigenvalue weighted by Crippen LogP contribution is -2.28. The normalized spacial score (nSPS) is 23.1. The van der Waals surface area contributed by atoms with Crippen LogP contribution in [0.2, 0.25) is 0 Å². The van der Waals surface area contributed by atoms with Crippen LogP contribution in [-0.2, 0) is 0 Å². The van der Waals surface area contributed by atoms with Gasteiger partial charge in [0.25, 0.3) is 0 Å². The third-order valence-electron chi connectivity index (χ3n) is 3.91. The molecule has 1 aromatic carbocycles. The van der Waals surface area contributed by atoms with Gasteiger partial charge in [0, 0.05) is 19.1 Å². The zero-order valence-electron chi connectivity index (χ0n) is 10.6. The highest BCUT2D eigenvalue weighted by Gasteiger charge is 2.28. The maximum absolute atomic E-state index is 13.7. The van der Waals surface area contributed by atoms with E-state index >= 15 is 0 Å². The molecule has 2 aliphatic rings. The Morgan fingerprint density at radius 2 is 1.89 bits per heavy atom. The van der Waals surface area contributed by atoms with Gasteiger partial charge in [-0.05, 0) is 43.9 Å². The number of nitrogens with one attached hydrogen (secondary N) is 1. The maximum Gasteiger partial charge on any atom is 0.196 e. The molecule has 1 heterocycles. The van der Waals surface area contributed by atoms with Gasteiger partial charge in [-0.15, -0.1) is 0 Å². The summed E-state index contributed by atoms with van der Waals surface area (Å²) in [5.41, 5.74) is 0.174. The molecule has 0 amide bonds. The minimum Gasteiger partial charge on any atom is -0.369 e. The topological polar surface area (TPSA) is 15.3 Å². The number of anilines is 1. The van der Waals surface area contributed by atoms with Gasteiger partial charge in [0.2, 0.25) is 0 Å². The minimum atomic E-state index is -1.38. The molecule has 3 rings (SSSR count). The fraction of sp³-hybridized carbons (Fsp3) is 0.571. The van der Waals surface area contributed by atoms with E-state index in [0.717, 1.165) is 19.0 Å². The number of hydrogen-bond acceptors (Lipinski definition) is 2. The van der Waals surface area contributed by atoms with Crippen molar-refractivity contribution < 1.29 is 13.2 Å². The average molecular weight is 270 g/mol. The molecule has 1 aromatic rings. The lowest BCUT2D eigenvalue weighted by atomic mass is 10.1. The molecule has 1 N–H and O–H groups in total. The van der Waals surface area contributed by atoms with Gasteiger partial charge >= 0.3 is 0 Å². The zero-order chi connectivity index (χ0) is 13.4. The molecule has 1 atom stereocenters. The Morgan fingerprint density at radius 1 is 1.11 bits per heavy atom. The fourth-order valence-corrected chi connectivity index (χ4v) is 2.60. The largest absolute Gasteiger partial charge is 0.369 e. The first-order valence-corrected chi connectivity index (χ1v) is 6.77. The second-order valence-electron chi connectivity index (χ2n) is 5.48. The number of nitrogens with zero attached hydrogens (tertiary/aromatic N) is 1. The molecule has 1 aliphatic carbocycles. The smallest absolute Gasteiger partial charge is 0.196 e. The van der Waals surface area contributed by atoms with E-state index in [2.05, 4.69) is 5.32 Å². The van der Waals surface area contributed by atoms with Gasteiger partial charge in [-0.3, -0.25) is 0 Å². The Bertz CT molecular complexity index is 474. The quantitative estimate of drug-likeness (QED) is 0.846. The summed E-state index contributed by atoms with van der Waals surface area (Å²) in [6.07, 6.45) is 3.45. The van der Waals surface area contributed by atoms with Crippen molar-refractivity contribution in [3.8, 4) is 0 Å². The van der Waals surface area contributed by atoms with Crippen molar-refractivity contribution in [1.82, 2.24) is 5.32 Å². The summed E-state index contributed by atoms with van der Waals surface area (Å²) >= 11 is 0. The molecular weight excluding hydrogens is 253 g/mol. The molecule has 2 fully saturated rings. The van der Waals surface area contributed by atoms with Gasteiger partial charge in [0.05, 0.1) is 5.69 Å². The summed E-state index contributed by atoms with van der Waals surface area (Å²) in [6.45, 7) is 2.31. The van der Waals surface area contributed by atoms with E-state index in [1.165, 1.54) is 18.9 Å². The Kier molecular flexibility index (Phi) is 3.39. The Hall–Kier alpha value is -1.23. The number of hydrogen-bond donors (Lipinski definition) is 1. The van der Waals surface area contributed by atoms with E-state index in [0.29, 0.717) is 25.0 Å². The summed E-state index contributed by atoms with van der Waals surface area (Å²) in [5.74, 6) is -3.13. The van der Waals surface area contributed by atoms with Crippen LogP contribution >= 0.6 is 0 Å². The number of benzene rings is 1. The molecule has 5 heteroatoms. The highest BCUT2D eigenvalue weighted by atomic mass is 19.2. The van der Waals surface area contributed by atoms with Gasteiger partial charge in [-0.1, -0.05) is 0 Å². The first kappa shape index (κ1) is 12.8.